The minimum absolute atomic E-state index is 0.0904. The van der Waals surface area contributed by atoms with Crippen molar-refractivity contribution in [2.75, 3.05) is 5.32 Å². The number of fused-ring (bicyclic) bond motifs is 2. The van der Waals surface area contributed by atoms with Gasteiger partial charge in [0.25, 0.3) is 5.56 Å². The third-order valence-corrected chi connectivity index (χ3v) is 5.98. The van der Waals surface area contributed by atoms with Crippen LogP contribution in [-0.4, -0.2) is 31.4 Å². The number of hydrogen-bond acceptors (Lipinski definition) is 6. The molecule has 8 nitrogen and oxygen atoms in total. The molecular weight excluding hydrogens is 366 g/mol. The Bertz CT molecular complexity index is 1150. The molecule has 0 atom stereocenters. The number of hydrogen-bond donors (Lipinski definition) is 2. The first-order valence-electron chi connectivity index (χ1n) is 8.72. The average Bonchev–Trinajstić information content (AvgIpc) is 3.13. The topological polar surface area (TPSA) is 110 Å². The number of aromatic amines is 1. The smallest absolute Gasteiger partial charge is 0.273 e. The maximum absolute atomic E-state index is 12.6. The number of amides is 1. The van der Waals surface area contributed by atoms with Crippen LogP contribution >= 0.6 is 11.3 Å². The molecule has 0 bridgehead atoms. The lowest BCUT2D eigenvalue weighted by Gasteiger charge is -2.10. The van der Waals surface area contributed by atoms with Crippen LogP contribution in [0.15, 0.2) is 4.79 Å². The third-order valence-electron chi connectivity index (χ3n) is 4.93. The first-order chi connectivity index (χ1) is 12.8. The Morgan fingerprint density at radius 2 is 2.04 bits per heavy atom. The summed E-state index contributed by atoms with van der Waals surface area (Å²) in [7, 11) is 1.73. The molecule has 0 radical (unpaired) electrons. The van der Waals surface area contributed by atoms with Crippen molar-refractivity contribution in [1.82, 2.24) is 19.7 Å². The first kappa shape index (κ1) is 17.6. The number of nitrogens with one attached hydrogen (secondary N) is 2. The highest BCUT2D eigenvalue weighted by molar-refractivity contribution is 7.17. The van der Waals surface area contributed by atoms with E-state index in [-0.39, 0.29) is 23.7 Å². The van der Waals surface area contributed by atoms with Crippen molar-refractivity contribution < 1.29 is 9.59 Å². The van der Waals surface area contributed by atoms with E-state index in [1.165, 1.54) is 11.3 Å². The molecule has 140 valence electrons. The summed E-state index contributed by atoms with van der Waals surface area (Å²) >= 11 is 1.23. The molecule has 3 aromatic rings. The van der Waals surface area contributed by atoms with E-state index in [9.17, 15) is 14.4 Å². The van der Waals surface area contributed by atoms with Gasteiger partial charge in [-0.15, -0.1) is 0 Å². The van der Waals surface area contributed by atoms with Crippen molar-refractivity contribution in [3.05, 3.63) is 37.7 Å². The van der Waals surface area contributed by atoms with E-state index in [0.29, 0.717) is 33.2 Å². The number of Topliss-reactive ketones (excluding diaryl/α,β-unsaturated/α-hetero) is 1. The van der Waals surface area contributed by atoms with Gasteiger partial charge >= 0.3 is 0 Å². The van der Waals surface area contributed by atoms with E-state index in [1.54, 1.807) is 11.7 Å². The number of anilines is 1. The molecule has 1 aliphatic rings. The molecule has 27 heavy (non-hydrogen) atoms. The molecular formula is C18H19N5O3S. The zero-order chi connectivity index (χ0) is 19.3. The maximum atomic E-state index is 12.6. The fraction of sp³-hybridized carbons (Fsp3) is 0.389. The second-order valence-corrected chi connectivity index (χ2v) is 7.79. The monoisotopic (exact) mass is 385 g/mol. The summed E-state index contributed by atoms with van der Waals surface area (Å²) < 4.78 is 1.58. The van der Waals surface area contributed by atoms with Gasteiger partial charge in [0.15, 0.2) is 16.6 Å². The molecule has 4 rings (SSSR count). The maximum Gasteiger partial charge on any atom is 0.273 e. The van der Waals surface area contributed by atoms with Gasteiger partial charge in [-0.1, -0.05) is 11.3 Å². The number of pyridine rings is 1. The second kappa shape index (κ2) is 6.41. The fourth-order valence-corrected chi connectivity index (χ4v) is 4.55. The molecule has 1 aliphatic carbocycles. The van der Waals surface area contributed by atoms with Crippen LogP contribution in [0.4, 0.5) is 5.13 Å². The van der Waals surface area contributed by atoms with Gasteiger partial charge in [-0.05, 0) is 37.8 Å². The van der Waals surface area contributed by atoms with Crippen LogP contribution in [0, 0.1) is 13.8 Å². The molecule has 0 fully saturated rings. The van der Waals surface area contributed by atoms with Crippen molar-refractivity contribution in [2.24, 2.45) is 7.05 Å². The molecule has 1 amide bonds. The SMILES string of the molecule is Cc1nc2c(c(C)c1CC(=O)Nc1nc3c(s1)C(=O)CCC3)c(=O)[nH]n2C. The zero-order valence-corrected chi connectivity index (χ0v) is 16.1. The highest BCUT2D eigenvalue weighted by atomic mass is 32.1. The van der Waals surface area contributed by atoms with Crippen molar-refractivity contribution in [3.8, 4) is 0 Å². The summed E-state index contributed by atoms with van der Waals surface area (Å²) in [6.45, 7) is 3.66. The highest BCUT2D eigenvalue weighted by Gasteiger charge is 2.23. The van der Waals surface area contributed by atoms with E-state index >= 15 is 0 Å². The summed E-state index contributed by atoms with van der Waals surface area (Å²) in [6.07, 6.45) is 2.20. The molecule has 0 saturated heterocycles. The Kier molecular flexibility index (Phi) is 4.18. The minimum Gasteiger partial charge on any atom is -0.302 e. The zero-order valence-electron chi connectivity index (χ0n) is 15.3. The van der Waals surface area contributed by atoms with E-state index < -0.39 is 0 Å². The number of nitrogens with zero attached hydrogens (tertiary/aromatic N) is 3. The predicted molar refractivity (Wildman–Crippen MR) is 103 cm³/mol. The summed E-state index contributed by atoms with van der Waals surface area (Å²) in [5.41, 5.74) is 3.32. The van der Waals surface area contributed by atoms with Crippen LogP contribution in [0.25, 0.3) is 11.0 Å². The van der Waals surface area contributed by atoms with Crippen LogP contribution in [0.1, 0.15) is 45.0 Å². The van der Waals surface area contributed by atoms with Gasteiger partial charge in [0.1, 0.15) is 0 Å². The Morgan fingerprint density at radius 1 is 1.26 bits per heavy atom. The molecule has 3 heterocycles. The van der Waals surface area contributed by atoms with Crippen LogP contribution in [-0.2, 0) is 24.7 Å². The van der Waals surface area contributed by atoms with E-state index in [2.05, 4.69) is 20.4 Å². The summed E-state index contributed by atoms with van der Waals surface area (Å²) in [5, 5.41) is 6.43. The largest absolute Gasteiger partial charge is 0.302 e. The molecule has 0 aliphatic heterocycles. The predicted octanol–water partition coefficient (Wildman–Crippen LogP) is 2.04. The Morgan fingerprint density at radius 3 is 2.78 bits per heavy atom. The first-order valence-corrected chi connectivity index (χ1v) is 9.54. The van der Waals surface area contributed by atoms with Crippen LogP contribution < -0.4 is 10.9 Å². The van der Waals surface area contributed by atoms with Gasteiger partial charge in [0, 0.05) is 19.2 Å². The van der Waals surface area contributed by atoms with Crippen molar-refractivity contribution in [3.63, 3.8) is 0 Å². The summed E-state index contributed by atoms with van der Waals surface area (Å²) in [6, 6.07) is 0. The van der Waals surface area contributed by atoms with E-state index in [4.69, 9.17) is 0 Å². The van der Waals surface area contributed by atoms with Crippen molar-refractivity contribution in [1.29, 1.82) is 0 Å². The minimum atomic E-state index is -0.242. The molecule has 3 aromatic heterocycles. The Balaban J connectivity index is 1.61. The van der Waals surface area contributed by atoms with Crippen molar-refractivity contribution in [2.45, 2.75) is 39.5 Å². The molecule has 0 spiro atoms. The number of aromatic nitrogens is 4. The summed E-state index contributed by atoms with van der Waals surface area (Å²) in [5.74, 6) is -0.146. The third kappa shape index (κ3) is 2.97. The van der Waals surface area contributed by atoms with Crippen LogP contribution in [0.2, 0.25) is 0 Å². The van der Waals surface area contributed by atoms with Gasteiger partial charge < -0.3 is 5.32 Å². The van der Waals surface area contributed by atoms with Gasteiger partial charge in [-0.2, -0.15) is 0 Å². The number of rotatable bonds is 3. The molecule has 0 unspecified atom stereocenters. The van der Waals surface area contributed by atoms with E-state index in [1.807, 2.05) is 13.8 Å². The number of aryl methyl sites for hydroxylation is 4. The number of carbonyl (C=O) groups excluding carboxylic acids is 2. The lowest BCUT2D eigenvalue weighted by atomic mass is 10.0. The van der Waals surface area contributed by atoms with Gasteiger partial charge in [0.05, 0.1) is 22.4 Å². The number of ketones is 1. The number of H-pyrrole nitrogens is 1. The lowest BCUT2D eigenvalue weighted by Crippen LogP contribution is -2.17. The fourth-order valence-electron chi connectivity index (χ4n) is 3.55. The van der Waals surface area contributed by atoms with Gasteiger partial charge in [-0.3, -0.25) is 24.2 Å². The highest BCUT2D eigenvalue weighted by Crippen LogP contribution is 2.30. The Labute approximate surface area is 158 Å². The molecule has 0 saturated carbocycles. The van der Waals surface area contributed by atoms with Gasteiger partial charge in [-0.25, -0.2) is 9.97 Å². The van der Waals surface area contributed by atoms with Gasteiger partial charge in [0.2, 0.25) is 5.91 Å². The lowest BCUT2D eigenvalue weighted by molar-refractivity contribution is -0.115. The molecule has 0 aromatic carbocycles. The normalized spacial score (nSPS) is 13.8. The summed E-state index contributed by atoms with van der Waals surface area (Å²) in [4.78, 5) is 46.2. The molecule has 9 heteroatoms. The molecule has 2 N–H and O–H groups in total. The Hall–Kier alpha value is -2.81. The van der Waals surface area contributed by atoms with Crippen LogP contribution in [0.5, 0.6) is 0 Å². The standard InChI is InChI=1S/C18H19N5O3S/c1-8-10(9(2)19-16-14(8)17(26)22-23(16)3)7-13(25)21-18-20-11-5-4-6-12(24)15(11)27-18/h4-7H2,1-3H3,(H,22,26)(H,20,21,25). The second-order valence-electron chi connectivity index (χ2n) is 6.80. The number of carbonyl (C=O) groups is 2. The van der Waals surface area contributed by atoms with Crippen molar-refractivity contribution >= 4 is 39.2 Å². The van der Waals surface area contributed by atoms with E-state index in [0.717, 1.165) is 29.7 Å². The quantitative estimate of drug-likeness (QED) is 0.717. The average molecular weight is 385 g/mol. The number of thiazole rings is 1. The van der Waals surface area contributed by atoms with Crippen LogP contribution in [0.3, 0.4) is 0 Å².